The topological polar surface area (TPSA) is 70.5 Å². The molecule has 3 aromatic rings. The van der Waals surface area contributed by atoms with Crippen molar-refractivity contribution < 1.29 is 19.1 Å². The fraction of sp³-hybridized carbons (Fsp3) is 0.0455. The molecule has 1 unspecified atom stereocenters. The van der Waals surface area contributed by atoms with Gasteiger partial charge in [0.2, 0.25) is 0 Å². The molecule has 144 valence electrons. The smallest absolute Gasteiger partial charge is 0.300 e. The predicted molar refractivity (Wildman–Crippen MR) is 107 cm³/mol. The van der Waals surface area contributed by atoms with Gasteiger partial charge in [0.25, 0.3) is 11.7 Å². The van der Waals surface area contributed by atoms with Crippen molar-refractivity contribution >= 4 is 34.7 Å². The van der Waals surface area contributed by atoms with E-state index in [1.165, 1.54) is 35.4 Å². The van der Waals surface area contributed by atoms with Crippen LogP contribution in [-0.2, 0) is 9.59 Å². The fourth-order valence-corrected chi connectivity index (χ4v) is 3.44. The molecule has 4 rings (SSSR count). The monoisotopic (exact) mass is 408 g/mol. The molecule has 1 saturated heterocycles. The summed E-state index contributed by atoms with van der Waals surface area (Å²) in [7, 11) is 0. The molecule has 29 heavy (non-hydrogen) atoms. The Morgan fingerprint density at radius 1 is 1.03 bits per heavy atom. The third kappa shape index (κ3) is 3.39. The Kier molecular flexibility index (Phi) is 4.86. The SMILES string of the molecule is O=C1C(=O)N(c2ccc(F)cc2)C(c2cccnc2)/C1=C(/O)c1ccc(Cl)cc1. The maximum atomic E-state index is 13.4. The summed E-state index contributed by atoms with van der Waals surface area (Å²) in [6.45, 7) is 0. The number of aromatic nitrogens is 1. The summed E-state index contributed by atoms with van der Waals surface area (Å²) in [5.74, 6) is -2.44. The van der Waals surface area contributed by atoms with Crippen molar-refractivity contribution in [3.8, 4) is 0 Å². The molecule has 1 N–H and O–H groups in total. The van der Waals surface area contributed by atoms with Crippen LogP contribution in [-0.4, -0.2) is 21.8 Å². The van der Waals surface area contributed by atoms with Gasteiger partial charge in [-0.15, -0.1) is 0 Å². The predicted octanol–water partition coefficient (Wildman–Crippen LogP) is 4.50. The van der Waals surface area contributed by atoms with E-state index in [1.807, 2.05) is 0 Å². The maximum absolute atomic E-state index is 13.4. The first-order chi connectivity index (χ1) is 14.0. The van der Waals surface area contributed by atoms with Crippen molar-refractivity contribution in [3.05, 3.63) is 101 Å². The molecule has 1 aliphatic rings. The Balaban J connectivity index is 1.93. The van der Waals surface area contributed by atoms with Gasteiger partial charge in [-0.3, -0.25) is 19.5 Å². The zero-order valence-corrected chi connectivity index (χ0v) is 15.7. The number of aliphatic hydroxyl groups excluding tert-OH is 1. The van der Waals surface area contributed by atoms with Crippen LogP contribution in [0.25, 0.3) is 5.76 Å². The van der Waals surface area contributed by atoms with E-state index < -0.39 is 23.5 Å². The van der Waals surface area contributed by atoms with Crippen LogP contribution in [0, 0.1) is 5.82 Å². The van der Waals surface area contributed by atoms with E-state index in [2.05, 4.69) is 4.98 Å². The minimum atomic E-state index is -0.912. The molecule has 0 aliphatic carbocycles. The molecule has 1 aliphatic heterocycles. The largest absolute Gasteiger partial charge is 0.507 e. The lowest BCUT2D eigenvalue weighted by atomic mass is 9.96. The summed E-state index contributed by atoms with van der Waals surface area (Å²) in [6.07, 6.45) is 3.08. The summed E-state index contributed by atoms with van der Waals surface area (Å²) < 4.78 is 13.4. The third-order valence-electron chi connectivity index (χ3n) is 4.67. The minimum absolute atomic E-state index is 0.0744. The third-order valence-corrected chi connectivity index (χ3v) is 4.92. The number of benzene rings is 2. The van der Waals surface area contributed by atoms with Gasteiger partial charge in [0.05, 0.1) is 11.6 Å². The standard InChI is InChI=1S/C22H14ClFN2O3/c23-15-5-3-13(4-6-15)20(27)18-19(14-2-1-11-25-12-14)26(22(29)21(18)28)17-9-7-16(24)8-10-17/h1-12,19,27H/b20-18-. The van der Waals surface area contributed by atoms with Crippen LogP contribution in [0.1, 0.15) is 17.2 Å². The van der Waals surface area contributed by atoms with Crippen LogP contribution in [0.3, 0.4) is 0 Å². The summed E-state index contributed by atoms with van der Waals surface area (Å²) in [5.41, 5.74) is 1.14. The highest BCUT2D eigenvalue weighted by molar-refractivity contribution is 6.51. The summed E-state index contributed by atoms with van der Waals surface area (Å²) in [5, 5.41) is 11.4. The molecule has 7 heteroatoms. The van der Waals surface area contributed by atoms with Gasteiger partial charge in [-0.2, -0.15) is 0 Å². The average molecular weight is 409 g/mol. The van der Waals surface area contributed by atoms with E-state index in [-0.39, 0.29) is 11.3 Å². The number of halogens is 2. The molecule has 0 radical (unpaired) electrons. The Morgan fingerprint density at radius 3 is 2.34 bits per heavy atom. The molecule has 5 nitrogen and oxygen atoms in total. The van der Waals surface area contributed by atoms with Gasteiger partial charge in [0.15, 0.2) is 0 Å². The van der Waals surface area contributed by atoms with Crippen LogP contribution >= 0.6 is 11.6 Å². The first kappa shape index (κ1) is 18.8. The van der Waals surface area contributed by atoms with Gasteiger partial charge in [-0.25, -0.2) is 4.39 Å². The molecular weight excluding hydrogens is 395 g/mol. The molecule has 0 bridgehead atoms. The van der Waals surface area contributed by atoms with Crippen LogP contribution in [0.2, 0.25) is 5.02 Å². The Bertz CT molecular complexity index is 1110. The molecule has 2 heterocycles. The number of aliphatic hydroxyl groups is 1. The fourth-order valence-electron chi connectivity index (χ4n) is 3.32. The molecular formula is C22H14ClFN2O3. The number of nitrogens with zero attached hydrogens (tertiary/aromatic N) is 2. The maximum Gasteiger partial charge on any atom is 0.300 e. The number of amides is 1. The van der Waals surface area contributed by atoms with Gasteiger partial charge in [0, 0.05) is 28.7 Å². The number of pyridine rings is 1. The van der Waals surface area contributed by atoms with Crippen LogP contribution in [0.15, 0.2) is 78.6 Å². The first-order valence-corrected chi connectivity index (χ1v) is 9.07. The van der Waals surface area contributed by atoms with Gasteiger partial charge in [0.1, 0.15) is 11.6 Å². The molecule has 1 aromatic heterocycles. The van der Waals surface area contributed by atoms with E-state index in [0.29, 0.717) is 21.8 Å². The van der Waals surface area contributed by atoms with Crippen molar-refractivity contribution in [1.82, 2.24) is 4.98 Å². The molecule has 0 saturated carbocycles. The van der Waals surface area contributed by atoms with E-state index in [9.17, 15) is 19.1 Å². The number of carbonyl (C=O) groups excluding carboxylic acids is 2. The highest BCUT2D eigenvalue weighted by atomic mass is 35.5. The molecule has 2 aromatic carbocycles. The summed E-state index contributed by atoms with van der Waals surface area (Å²) in [6, 6.07) is 14.0. The Hall–Kier alpha value is -3.51. The van der Waals surface area contributed by atoms with Gasteiger partial charge >= 0.3 is 0 Å². The second-order valence-electron chi connectivity index (χ2n) is 6.44. The quantitative estimate of drug-likeness (QED) is 0.393. The van der Waals surface area contributed by atoms with Crippen molar-refractivity contribution in [2.45, 2.75) is 6.04 Å². The lowest BCUT2D eigenvalue weighted by molar-refractivity contribution is -0.132. The van der Waals surface area contributed by atoms with E-state index >= 15 is 0 Å². The minimum Gasteiger partial charge on any atom is -0.507 e. The number of rotatable bonds is 3. The number of ketones is 1. The van der Waals surface area contributed by atoms with E-state index in [4.69, 9.17) is 11.6 Å². The second kappa shape index (κ2) is 7.48. The van der Waals surface area contributed by atoms with Crippen molar-refractivity contribution in [2.75, 3.05) is 4.90 Å². The number of hydrogen-bond acceptors (Lipinski definition) is 4. The number of anilines is 1. The van der Waals surface area contributed by atoms with Crippen molar-refractivity contribution in [2.24, 2.45) is 0 Å². The first-order valence-electron chi connectivity index (χ1n) is 8.70. The zero-order chi connectivity index (χ0) is 20.5. The van der Waals surface area contributed by atoms with Crippen molar-refractivity contribution in [3.63, 3.8) is 0 Å². The number of Topliss-reactive ketones (excluding diaryl/α,β-unsaturated/α-hetero) is 1. The molecule has 1 atom stereocenters. The molecule has 1 amide bonds. The van der Waals surface area contributed by atoms with Crippen molar-refractivity contribution in [1.29, 1.82) is 0 Å². The Labute approximate surface area is 170 Å². The number of carbonyl (C=O) groups is 2. The van der Waals surface area contributed by atoms with Crippen LogP contribution < -0.4 is 4.90 Å². The Morgan fingerprint density at radius 2 is 1.72 bits per heavy atom. The van der Waals surface area contributed by atoms with Gasteiger partial charge < -0.3 is 5.11 Å². The normalized spacial score (nSPS) is 18.3. The zero-order valence-electron chi connectivity index (χ0n) is 14.9. The second-order valence-corrected chi connectivity index (χ2v) is 6.88. The average Bonchev–Trinajstić information content (AvgIpc) is 3.00. The molecule has 0 spiro atoms. The van der Waals surface area contributed by atoms with Crippen LogP contribution in [0.4, 0.5) is 10.1 Å². The molecule has 1 fully saturated rings. The van der Waals surface area contributed by atoms with E-state index in [0.717, 1.165) is 0 Å². The highest BCUT2D eigenvalue weighted by Gasteiger charge is 2.47. The lowest BCUT2D eigenvalue weighted by Gasteiger charge is -2.25. The van der Waals surface area contributed by atoms with Crippen LogP contribution in [0.5, 0.6) is 0 Å². The van der Waals surface area contributed by atoms with E-state index in [1.54, 1.807) is 42.6 Å². The summed E-state index contributed by atoms with van der Waals surface area (Å²) >= 11 is 5.90. The van der Waals surface area contributed by atoms with Gasteiger partial charge in [-0.05, 0) is 60.2 Å². The number of hydrogen-bond donors (Lipinski definition) is 1. The highest BCUT2D eigenvalue weighted by Crippen LogP contribution is 2.41. The van der Waals surface area contributed by atoms with Gasteiger partial charge in [-0.1, -0.05) is 17.7 Å². The summed E-state index contributed by atoms with van der Waals surface area (Å²) in [4.78, 5) is 31.1. The lowest BCUT2D eigenvalue weighted by Crippen LogP contribution is -2.29.